The Morgan fingerprint density at radius 1 is 1.24 bits per heavy atom. The zero-order valence-electron chi connectivity index (χ0n) is 11.3. The molecular formula is C15H15BFNO3. The molecule has 0 saturated carbocycles. The van der Waals surface area contributed by atoms with Crippen molar-refractivity contribution >= 4 is 12.6 Å². The maximum absolute atomic E-state index is 14.4. The van der Waals surface area contributed by atoms with Crippen molar-refractivity contribution in [2.45, 2.75) is 12.7 Å². The van der Waals surface area contributed by atoms with Crippen molar-refractivity contribution in [1.29, 1.82) is 0 Å². The van der Waals surface area contributed by atoms with Crippen molar-refractivity contribution in [1.82, 2.24) is 0 Å². The van der Waals surface area contributed by atoms with Crippen LogP contribution in [0.3, 0.4) is 0 Å². The highest BCUT2D eigenvalue weighted by Gasteiger charge is 2.38. The Kier molecular flexibility index (Phi) is 3.92. The molecule has 0 aromatic heterocycles. The molecule has 1 heterocycles. The summed E-state index contributed by atoms with van der Waals surface area (Å²) in [5, 5.41) is 9.80. The van der Waals surface area contributed by atoms with Gasteiger partial charge < -0.3 is 20.1 Å². The Morgan fingerprint density at radius 3 is 2.71 bits per heavy atom. The number of rotatable bonds is 4. The minimum atomic E-state index is -1.30. The first-order valence-corrected chi connectivity index (χ1v) is 6.73. The highest BCUT2D eigenvalue weighted by Crippen LogP contribution is 2.28. The summed E-state index contributed by atoms with van der Waals surface area (Å²) in [6.07, 6.45) is -0.479. The van der Waals surface area contributed by atoms with Gasteiger partial charge in [0.05, 0.1) is 6.10 Å². The average molecular weight is 287 g/mol. The lowest BCUT2D eigenvalue weighted by atomic mass is 9.78. The standard InChI is InChI=1S/C15H15BFNO3/c17-15-12(20-9-10-4-2-1-3-5-10)7-6-11-13(8-18)21-16(19)14(11)15/h1-7,13,19H,8-9,18H2. The second-order valence-corrected chi connectivity index (χ2v) is 4.87. The van der Waals surface area contributed by atoms with Crippen LogP contribution in [-0.2, 0) is 11.3 Å². The maximum atomic E-state index is 14.4. The number of hydrogen-bond acceptors (Lipinski definition) is 4. The fourth-order valence-electron chi connectivity index (χ4n) is 2.45. The Labute approximate surface area is 122 Å². The van der Waals surface area contributed by atoms with Gasteiger partial charge in [-0.2, -0.15) is 0 Å². The van der Waals surface area contributed by atoms with E-state index in [1.165, 1.54) is 0 Å². The van der Waals surface area contributed by atoms with Gasteiger partial charge in [0.15, 0.2) is 11.6 Å². The van der Waals surface area contributed by atoms with Crippen LogP contribution in [0, 0.1) is 5.82 Å². The summed E-state index contributed by atoms with van der Waals surface area (Å²) in [5.41, 5.74) is 7.18. The molecule has 0 radical (unpaired) electrons. The summed E-state index contributed by atoms with van der Waals surface area (Å²) in [5.74, 6) is -0.496. The van der Waals surface area contributed by atoms with Crippen LogP contribution in [0.4, 0.5) is 4.39 Å². The van der Waals surface area contributed by atoms with E-state index in [9.17, 15) is 9.41 Å². The largest absolute Gasteiger partial charge is 0.495 e. The fraction of sp³-hybridized carbons (Fsp3) is 0.200. The van der Waals surface area contributed by atoms with E-state index in [1.54, 1.807) is 12.1 Å². The van der Waals surface area contributed by atoms with Crippen LogP contribution < -0.4 is 15.9 Å². The Morgan fingerprint density at radius 2 is 2.00 bits per heavy atom. The third kappa shape index (κ3) is 2.65. The van der Waals surface area contributed by atoms with Crippen molar-refractivity contribution in [2.75, 3.05) is 6.54 Å². The predicted octanol–water partition coefficient (Wildman–Crippen LogP) is 1.12. The number of halogens is 1. The van der Waals surface area contributed by atoms with Gasteiger partial charge in [-0.3, -0.25) is 0 Å². The molecule has 6 heteroatoms. The summed E-state index contributed by atoms with van der Waals surface area (Å²) in [6, 6.07) is 12.7. The lowest BCUT2D eigenvalue weighted by Crippen LogP contribution is -2.31. The Balaban J connectivity index is 1.83. The molecule has 0 spiro atoms. The minimum absolute atomic E-state index is 0.0953. The fourth-order valence-corrected chi connectivity index (χ4v) is 2.45. The van der Waals surface area contributed by atoms with Gasteiger partial charge in [-0.15, -0.1) is 0 Å². The highest BCUT2D eigenvalue weighted by atomic mass is 19.1. The van der Waals surface area contributed by atoms with Crippen LogP contribution >= 0.6 is 0 Å². The normalized spacial score (nSPS) is 16.9. The highest BCUT2D eigenvalue weighted by molar-refractivity contribution is 6.62. The van der Waals surface area contributed by atoms with Gasteiger partial charge in [0.25, 0.3) is 0 Å². The summed E-state index contributed by atoms with van der Waals surface area (Å²) in [7, 11) is -1.30. The molecule has 2 aromatic rings. The number of nitrogens with two attached hydrogens (primary N) is 1. The van der Waals surface area contributed by atoms with Crippen LogP contribution in [0.15, 0.2) is 42.5 Å². The molecule has 0 amide bonds. The van der Waals surface area contributed by atoms with E-state index in [1.807, 2.05) is 30.3 Å². The van der Waals surface area contributed by atoms with Crippen molar-refractivity contribution in [3.05, 3.63) is 59.4 Å². The van der Waals surface area contributed by atoms with Crippen LogP contribution in [0.25, 0.3) is 0 Å². The Bertz CT molecular complexity index is 638. The third-order valence-corrected chi connectivity index (χ3v) is 3.52. The molecule has 0 fully saturated rings. The molecule has 3 rings (SSSR count). The first-order chi connectivity index (χ1) is 10.2. The second-order valence-electron chi connectivity index (χ2n) is 4.87. The maximum Gasteiger partial charge on any atom is 0.495 e. The van der Waals surface area contributed by atoms with Crippen molar-refractivity contribution in [2.24, 2.45) is 5.73 Å². The van der Waals surface area contributed by atoms with Gasteiger partial charge in [0.1, 0.15) is 6.61 Å². The SMILES string of the molecule is NCC1OB(O)c2c1ccc(OCc1ccccc1)c2F. The van der Waals surface area contributed by atoms with Gasteiger partial charge in [-0.1, -0.05) is 36.4 Å². The molecule has 2 aromatic carbocycles. The first-order valence-electron chi connectivity index (χ1n) is 6.73. The number of benzene rings is 2. The van der Waals surface area contributed by atoms with Crippen molar-refractivity contribution in [3.8, 4) is 5.75 Å². The summed E-state index contributed by atoms with van der Waals surface area (Å²) >= 11 is 0. The molecule has 108 valence electrons. The third-order valence-electron chi connectivity index (χ3n) is 3.52. The first kappa shape index (κ1) is 14.1. The minimum Gasteiger partial charge on any atom is -0.486 e. The van der Waals surface area contributed by atoms with Gasteiger partial charge in [-0.25, -0.2) is 4.39 Å². The second kappa shape index (κ2) is 5.85. The quantitative estimate of drug-likeness (QED) is 0.827. The molecule has 0 aliphatic carbocycles. The summed E-state index contributed by atoms with van der Waals surface area (Å²) in [4.78, 5) is 0. The van der Waals surface area contributed by atoms with Crippen LogP contribution in [-0.4, -0.2) is 18.7 Å². The van der Waals surface area contributed by atoms with E-state index in [0.717, 1.165) is 5.56 Å². The topological polar surface area (TPSA) is 64.7 Å². The van der Waals surface area contributed by atoms with Gasteiger partial charge in [-0.05, 0) is 17.2 Å². The van der Waals surface area contributed by atoms with Crippen LogP contribution in [0.1, 0.15) is 17.2 Å². The van der Waals surface area contributed by atoms with Crippen molar-refractivity contribution < 1.29 is 18.8 Å². The molecule has 1 unspecified atom stereocenters. The lowest BCUT2D eigenvalue weighted by Gasteiger charge is -2.11. The summed E-state index contributed by atoms with van der Waals surface area (Å²) < 4.78 is 25.1. The van der Waals surface area contributed by atoms with E-state index in [-0.39, 0.29) is 24.4 Å². The lowest BCUT2D eigenvalue weighted by molar-refractivity contribution is 0.198. The molecule has 1 aliphatic rings. The van der Waals surface area contributed by atoms with E-state index in [0.29, 0.717) is 5.56 Å². The molecule has 0 bridgehead atoms. The van der Waals surface area contributed by atoms with E-state index in [2.05, 4.69) is 0 Å². The zero-order valence-corrected chi connectivity index (χ0v) is 11.3. The molecule has 1 aliphatic heterocycles. The Hall–Kier alpha value is -1.89. The van der Waals surface area contributed by atoms with Gasteiger partial charge in [0.2, 0.25) is 0 Å². The average Bonchev–Trinajstić information content (AvgIpc) is 2.84. The van der Waals surface area contributed by atoms with Crippen LogP contribution in [0.2, 0.25) is 0 Å². The van der Waals surface area contributed by atoms with E-state index < -0.39 is 19.0 Å². The molecule has 3 N–H and O–H groups in total. The van der Waals surface area contributed by atoms with Crippen molar-refractivity contribution in [3.63, 3.8) is 0 Å². The van der Waals surface area contributed by atoms with E-state index in [4.69, 9.17) is 15.1 Å². The number of hydrogen-bond donors (Lipinski definition) is 2. The molecule has 0 saturated heterocycles. The number of ether oxygens (including phenoxy) is 1. The monoisotopic (exact) mass is 287 g/mol. The zero-order chi connectivity index (χ0) is 14.8. The molecule has 21 heavy (non-hydrogen) atoms. The van der Waals surface area contributed by atoms with Gasteiger partial charge in [0, 0.05) is 12.0 Å². The summed E-state index contributed by atoms with van der Waals surface area (Å²) in [6.45, 7) is 0.446. The number of fused-ring (bicyclic) bond motifs is 1. The van der Waals surface area contributed by atoms with E-state index >= 15 is 0 Å². The predicted molar refractivity (Wildman–Crippen MR) is 77.7 cm³/mol. The van der Waals surface area contributed by atoms with Gasteiger partial charge >= 0.3 is 7.12 Å². The molecule has 1 atom stereocenters. The molecular weight excluding hydrogens is 272 g/mol. The van der Waals surface area contributed by atoms with Crippen LogP contribution in [0.5, 0.6) is 5.75 Å². The smallest absolute Gasteiger partial charge is 0.486 e. The molecule has 4 nitrogen and oxygen atoms in total.